The summed E-state index contributed by atoms with van der Waals surface area (Å²) in [6.07, 6.45) is -2.17. The van der Waals surface area contributed by atoms with Crippen LogP contribution in [0.15, 0.2) is 36.4 Å². The van der Waals surface area contributed by atoms with Crippen molar-refractivity contribution in [2.24, 2.45) is 5.92 Å². The van der Waals surface area contributed by atoms with Crippen LogP contribution in [0.4, 0.5) is 16.2 Å². The van der Waals surface area contributed by atoms with Crippen molar-refractivity contribution in [1.82, 2.24) is 5.32 Å². The van der Waals surface area contributed by atoms with Crippen LogP contribution in [-0.2, 0) is 27.2 Å². The smallest absolute Gasteiger partial charge is 0.408 e. The Bertz CT molecular complexity index is 1250. The number of nitro benzene ring substituents is 2. The molecule has 0 saturated carbocycles. The largest absolute Gasteiger partial charge is 0.502 e. The number of Topliss-reactive ketones (excluding diaryl/α,β-unsaturated/α-hetero) is 1. The number of amides is 1. The van der Waals surface area contributed by atoms with Crippen LogP contribution < -0.4 is 5.32 Å². The molecule has 14 heteroatoms. The van der Waals surface area contributed by atoms with E-state index in [9.17, 15) is 49.9 Å². The summed E-state index contributed by atoms with van der Waals surface area (Å²) in [6.45, 7) is 4.76. The monoisotopic (exact) mass is 533 g/mol. The van der Waals surface area contributed by atoms with E-state index in [-0.39, 0.29) is 24.0 Å². The zero-order valence-electron chi connectivity index (χ0n) is 20.7. The topological polar surface area (TPSA) is 219 Å². The third-order valence-corrected chi connectivity index (χ3v) is 5.27. The maximum Gasteiger partial charge on any atom is 0.408 e. The van der Waals surface area contributed by atoms with Gasteiger partial charge in [-0.15, -0.1) is 0 Å². The Morgan fingerprint density at radius 1 is 0.921 bits per heavy atom. The normalized spacial score (nSPS) is 12.7. The van der Waals surface area contributed by atoms with Crippen LogP contribution in [0.2, 0.25) is 0 Å². The van der Waals surface area contributed by atoms with Gasteiger partial charge >= 0.3 is 23.4 Å². The van der Waals surface area contributed by atoms with Gasteiger partial charge in [0.15, 0.2) is 17.3 Å². The number of hydrogen-bond donors (Lipinski definition) is 4. The maximum atomic E-state index is 13.2. The van der Waals surface area contributed by atoms with Gasteiger partial charge in [-0.1, -0.05) is 12.1 Å². The lowest BCUT2D eigenvalue weighted by molar-refractivity contribution is -0.386. The van der Waals surface area contributed by atoms with E-state index in [4.69, 9.17) is 4.74 Å². The maximum absolute atomic E-state index is 13.2. The van der Waals surface area contributed by atoms with Gasteiger partial charge in [0.2, 0.25) is 0 Å². The van der Waals surface area contributed by atoms with Gasteiger partial charge < -0.3 is 25.4 Å². The highest BCUT2D eigenvalue weighted by Crippen LogP contribution is 2.29. The first-order valence-electron chi connectivity index (χ1n) is 11.2. The van der Waals surface area contributed by atoms with Gasteiger partial charge in [-0.05, 0) is 50.5 Å². The Balaban J connectivity index is 2.33. The summed E-state index contributed by atoms with van der Waals surface area (Å²) in [5, 5.41) is 53.6. The number of phenols is 2. The second-order valence-corrected chi connectivity index (χ2v) is 9.47. The van der Waals surface area contributed by atoms with Crippen molar-refractivity contribution in [2.45, 2.75) is 51.7 Å². The van der Waals surface area contributed by atoms with Crippen LogP contribution in [0, 0.1) is 26.1 Å². The van der Waals surface area contributed by atoms with E-state index >= 15 is 0 Å². The molecule has 2 atom stereocenters. The van der Waals surface area contributed by atoms with E-state index in [0.29, 0.717) is 0 Å². The molecule has 0 saturated heterocycles. The van der Waals surface area contributed by atoms with Crippen molar-refractivity contribution in [3.05, 3.63) is 67.8 Å². The van der Waals surface area contributed by atoms with E-state index in [1.54, 1.807) is 20.8 Å². The standard InChI is InChI=1S/C24H27N3O11/c1-24(2,3)38-23(33)25-16(9-14-5-7-20(29)18(11-14)27(36)37)21(30)12-15(22(31)32)8-13-4-6-19(28)17(10-13)26(34)35/h4-7,10-11,15-16,28-29H,8-9,12H2,1-3H3,(H,25,33)(H,31,32)/t15-,16+/m1/s1. The van der Waals surface area contributed by atoms with Crippen molar-refractivity contribution >= 4 is 29.2 Å². The molecule has 2 rings (SSSR count). The molecule has 0 unspecified atom stereocenters. The first kappa shape index (κ1) is 29.5. The van der Waals surface area contributed by atoms with Crippen molar-refractivity contribution in [1.29, 1.82) is 0 Å². The van der Waals surface area contributed by atoms with E-state index in [2.05, 4.69) is 5.32 Å². The number of ether oxygens (including phenoxy) is 1. The molecular formula is C24H27N3O11. The van der Waals surface area contributed by atoms with Crippen LogP contribution in [-0.4, -0.2) is 54.7 Å². The molecular weight excluding hydrogens is 506 g/mol. The van der Waals surface area contributed by atoms with Gasteiger partial charge in [-0.2, -0.15) is 0 Å². The lowest BCUT2D eigenvalue weighted by Gasteiger charge is -2.24. The highest BCUT2D eigenvalue weighted by atomic mass is 16.6. The number of nitro groups is 2. The second kappa shape index (κ2) is 12.0. The van der Waals surface area contributed by atoms with E-state index < -0.39 is 74.5 Å². The highest BCUT2D eigenvalue weighted by molar-refractivity contribution is 5.90. The molecule has 4 N–H and O–H groups in total. The van der Waals surface area contributed by atoms with Crippen LogP contribution in [0.25, 0.3) is 0 Å². The molecule has 0 bridgehead atoms. The summed E-state index contributed by atoms with van der Waals surface area (Å²) in [5.74, 6) is -4.69. The molecule has 0 spiro atoms. The summed E-state index contributed by atoms with van der Waals surface area (Å²) in [5.41, 5.74) is -1.79. The summed E-state index contributed by atoms with van der Waals surface area (Å²) >= 11 is 0. The van der Waals surface area contributed by atoms with Crippen molar-refractivity contribution in [3.8, 4) is 11.5 Å². The van der Waals surface area contributed by atoms with Gasteiger partial charge in [-0.25, -0.2) is 4.79 Å². The molecule has 0 aliphatic rings. The van der Waals surface area contributed by atoms with Crippen LogP contribution in [0.3, 0.4) is 0 Å². The molecule has 2 aromatic carbocycles. The number of carbonyl (C=O) groups is 3. The van der Waals surface area contributed by atoms with Crippen LogP contribution in [0.5, 0.6) is 11.5 Å². The Morgan fingerprint density at radius 3 is 1.82 bits per heavy atom. The van der Waals surface area contributed by atoms with Crippen molar-refractivity contribution in [2.75, 3.05) is 0 Å². The number of ketones is 1. The zero-order chi connectivity index (χ0) is 28.8. The van der Waals surface area contributed by atoms with Gasteiger partial charge in [0, 0.05) is 25.0 Å². The molecule has 0 aliphatic carbocycles. The number of phenolic OH excluding ortho intramolecular Hbond substituents is 2. The van der Waals surface area contributed by atoms with Gasteiger partial charge in [0.05, 0.1) is 21.8 Å². The third-order valence-electron chi connectivity index (χ3n) is 5.27. The Kier molecular flexibility index (Phi) is 9.30. The molecule has 0 heterocycles. The predicted octanol–water partition coefficient (Wildman–Crippen LogP) is 3.25. The first-order valence-corrected chi connectivity index (χ1v) is 11.2. The van der Waals surface area contributed by atoms with E-state index in [0.717, 1.165) is 24.3 Å². The minimum Gasteiger partial charge on any atom is -0.502 e. The number of carbonyl (C=O) groups excluding carboxylic acids is 2. The van der Waals surface area contributed by atoms with Crippen LogP contribution >= 0.6 is 0 Å². The Hall–Kier alpha value is -4.75. The van der Waals surface area contributed by atoms with Gasteiger partial charge in [0.1, 0.15) is 5.60 Å². The summed E-state index contributed by atoms with van der Waals surface area (Å²) in [4.78, 5) is 58.1. The number of nitrogens with one attached hydrogen (secondary N) is 1. The molecule has 0 aromatic heterocycles. The SMILES string of the molecule is CC(C)(C)OC(=O)N[C@@H](Cc1ccc(O)c([N+](=O)[O-])c1)C(=O)C[C@@H](Cc1ccc(O)c([N+](=O)[O-])c1)C(=O)O. The molecule has 14 nitrogen and oxygen atoms in total. The van der Waals surface area contributed by atoms with Gasteiger partial charge in [0.25, 0.3) is 0 Å². The number of benzene rings is 2. The van der Waals surface area contributed by atoms with Gasteiger partial charge in [-0.3, -0.25) is 29.8 Å². The lowest BCUT2D eigenvalue weighted by Crippen LogP contribution is -2.45. The number of nitrogens with zero attached hydrogens (tertiary/aromatic N) is 2. The zero-order valence-corrected chi connectivity index (χ0v) is 20.7. The third kappa shape index (κ3) is 8.43. The first-order chi connectivity index (χ1) is 17.6. The summed E-state index contributed by atoms with van der Waals surface area (Å²) in [7, 11) is 0. The number of hydrogen-bond acceptors (Lipinski definition) is 10. The predicted molar refractivity (Wildman–Crippen MR) is 131 cm³/mol. The number of rotatable bonds is 11. The second-order valence-electron chi connectivity index (χ2n) is 9.47. The average Bonchev–Trinajstić information content (AvgIpc) is 2.78. The molecule has 0 aliphatic heterocycles. The molecule has 0 radical (unpaired) electrons. The lowest BCUT2D eigenvalue weighted by atomic mass is 9.90. The molecule has 38 heavy (non-hydrogen) atoms. The van der Waals surface area contributed by atoms with E-state index in [1.807, 2.05) is 0 Å². The Labute approximate surface area is 216 Å². The number of carboxylic acids is 1. The molecule has 204 valence electrons. The van der Waals surface area contributed by atoms with Crippen LogP contribution in [0.1, 0.15) is 38.3 Å². The number of alkyl carbamates (subject to hydrolysis) is 1. The average molecular weight is 533 g/mol. The fourth-order valence-electron chi connectivity index (χ4n) is 3.53. The minimum absolute atomic E-state index is 0.181. The van der Waals surface area contributed by atoms with Crippen molar-refractivity contribution in [3.63, 3.8) is 0 Å². The van der Waals surface area contributed by atoms with Crippen molar-refractivity contribution < 1.29 is 44.3 Å². The molecule has 0 fully saturated rings. The fourth-order valence-corrected chi connectivity index (χ4v) is 3.53. The number of aromatic hydroxyl groups is 2. The fraction of sp³-hybridized carbons (Fsp3) is 0.375. The molecule has 2 aromatic rings. The summed E-state index contributed by atoms with van der Waals surface area (Å²) < 4.78 is 5.18. The highest BCUT2D eigenvalue weighted by Gasteiger charge is 2.30. The Morgan fingerprint density at radius 2 is 1.39 bits per heavy atom. The minimum atomic E-state index is -1.38. The number of carboxylic acid groups (broad SMARTS) is 1. The molecule has 1 amide bonds. The number of aliphatic carboxylic acids is 1. The summed E-state index contributed by atoms with van der Waals surface area (Å²) in [6, 6.07) is 5.36. The quantitative estimate of drug-likeness (QED) is 0.242. The van der Waals surface area contributed by atoms with E-state index in [1.165, 1.54) is 12.1 Å².